The third-order valence-electron chi connectivity index (χ3n) is 6.47. The molecule has 190 valence electrons. The molecule has 1 N–H and O–H groups in total. The minimum Gasteiger partial charge on any atom is -0.493 e. The Morgan fingerprint density at radius 1 is 1.20 bits per heavy atom. The molecule has 0 radical (unpaired) electrons. The van der Waals surface area contributed by atoms with E-state index in [0.29, 0.717) is 17.1 Å². The van der Waals surface area contributed by atoms with Crippen LogP contribution in [0.25, 0.3) is 11.6 Å². The Kier molecular flexibility index (Phi) is 10.9. The third-order valence-corrected chi connectivity index (χ3v) is 7.56. The summed E-state index contributed by atoms with van der Waals surface area (Å²) in [6.07, 6.45) is 3.60. The number of hydrogen-bond acceptors (Lipinski definition) is 7. The predicted molar refractivity (Wildman–Crippen MR) is 144 cm³/mol. The van der Waals surface area contributed by atoms with E-state index in [1.165, 1.54) is 0 Å². The number of thiophene rings is 1. The molecule has 0 saturated carbocycles. The first-order chi connectivity index (χ1) is 16.4. The molecule has 0 aliphatic carbocycles. The maximum absolute atomic E-state index is 11.9. The second kappa shape index (κ2) is 13.4. The molecule has 1 fully saturated rings. The van der Waals surface area contributed by atoms with Gasteiger partial charge in [0.1, 0.15) is 6.04 Å². The molecule has 35 heavy (non-hydrogen) atoms. The summed E-state index contributed by atoms with van der Waals surface area (Å²) >= 11 is 1.64. The van der Waals surface area contributed by atoms with Crippen LogP contribution in [0.4, 0.5) is 5.00 Å². The normalized spacial score (nSPS) is 15.3. The second-order valence-electron chi connectivity index (χ2n) is 8.24. The number of halogens is 1. The second-order valence-corrected chi connectivity index (χ2v) is 9.34. The first-order valence-electron chi connectivity index (χ1n) is 11.6. The summed E-state index contributed by atoms with van der Waals surface area (Å²) in [6, 6.07) is 11.4. The number of methoxy groups -OCH3 is 2. The summed E-state index contributed by atoms with van der Waals surface area (Å²) in [7, 11) is 3.16. The average Bonchev–Trinajstić information content (AvgIpc) is 3.33. The van der Waals surface area contributed by atoms with Crippen molar-refractivity contribution in [1.29, 1.82) is 5.26 Å². The molecule has 9 heteroatoms. The van der Waals surface area contributed by atoms with Crippen LogP contribution in [0.3, 0.4) is 0 Å². The first-order valence-corrected chi connectivity index (χ1v) is 12.4. The topological polar surface area (TPSA) is 86.0 Å². The molecular formula is C26H34ClN3O4S. The highest BCUT2D eigenvalue weighted by atomic mass is 35.5. The molecule has 1 atom stereocenters. The Bertz CT molecular complexity index is 1050. The average molecular weight is 520 g/mol. The van der Waals surface area contributed by atoms with Gasteiger partial charge in [-0.2, -0.15) is 5.26 Å². The van der Waals surface area contributed by atoms with Crippen molar-refractivity contribution in [3.8, 4) is 17.6 Å². The third kappa shape index (κ3) is 6.69. The quantitative estimate of drug-likeness (QED) is 0.428. The molecule has 3 rings (SSSR count). The summed E-state index contributed by atoms with van der Waals surface area (Å²) in [5.41, 5.74) is 1.32. The molecule has 0 bridgehead atoms. The van der Waals surface area contributed by atoms with Gasteiger partial charge in [0.2, 0.25) is 0 Å². The predicted octanol–water partition coefficient (Wildman–Crippen LogP) is 5.26. The van der Waals surface area contributed by atoms with E-state index in [-0.39, 0.29) is 18.3 Å². The van der Waals surface area contributed by atoms with Crippen LogP contribution >= 0.6 is 23.7 Å². The summed E-state index contributed by atoms with van der Waals surface area (Å²) in [6.45, 7) is 7.20. The van der Waals surface area contributed by atoms with Crippen molar-refractivity contribution < 1.29 is 19.4 Å². The number of rotatable bonds is 10. The lowest BCUT2D eigenvalue weighted by atomic mass is 9.88. The number of benzene rings is 1. The van der Waals surface area contributed by atoms with E-state index in [1.807, 2.05) is 43.0 Å². The van der Waals surface area contributed by atoms with Crippen LogP contribution in [0.2, 0.25) is 0 Å². The van der Waals surface area contributed by atoms with Gasteiger partial charge in [0.25, 0.3) is 0 Å². The van der Waals surface area contributed by atoms with E-state index < -0.39 is 12.0 Å². The van der Waals surface area contributed by atoms with E-state index in [2.05, 4.69) is 17.0 Å². The van der Waals surface area contributed by atoms with Crippen molar-refractivity contribution >= 4 is 46.4 Å². The summed E-state index contributed by atoms with van der Waals surface area (Å²) in [5.74, 6) is 0.643. The van der Waals surface area contributed by atoms with Crippen molar-refractivity contribution in [3.05, 3.63) is 40.8 Å². The Morgan fingerprint density at radius 3 is 2.40 bits per heavy atom. The number of aliphatic carboxylic acids is 1. The Hall–Kier alpha value is -2.73. The molecule has 2 aromatic rings. The maximum atomic E-state index is 11.9. The van der Waals surface area contributed by atoms with Gasteiger partial charge in [-0.3, -0.25) is 9.69 Å². The van der Waals surface area contributed by atoms with E-state index in [0.717, 1.165) is 54.5 Å². The maximum Gasteiger partial charge on any atom is 0.321 e. The van der Waals surface area contributed by atoms with Crippen LogP contribution in [-0.2, 0) is 4.79 Å². The number of nitrogens with zero attached hydrogens (tertiary/aromatic N) is 3. The van der Waals surface area contributed by atoms with Crippen LogP contribution in [0.1, 0.15) is 37.1 Å². The van der Waals surface area contributed by atoms with E-state index in [1.54, 1.807) is 31.6 Å². The smallest absolute Gasteiger partial charge is 0.321 e. The number of carboxylic acids is 1. The zero-order valence-electron chi connectivity index (χ0n) is 20.7. The van der Waals surface area contributed by atoms with Gasteiger partial charge in [-0.25, -0.2) is 0 Å². The Labute approximate surface area is 218 Å². The summed E-state index contributed by atoms with van der Waals surface area (Å²) in [5, 5.41) is 20.7. The molecule has 2 heterocycles. The largest absolute Gasteiger partial charge is 0.493 e. The van der Waals surface area contributed by atoms with Crippen LogP contribution in [-0.4, -0.2) is 62.4 Å². The number of carbonyl (C=O) groups is 1. The lowest BCUT2D eigenvalue weighted by Gasteiger charge is -2.38. The minimum atomic E-state index is -0.718. The van der Waals surface area contributed by atoms with Gasteiger partial charge in [0.05, 0.1) is 30.9 Å². The fourth-order valence-electron chi connectivity index (χ4n) is 4.62. The van der Waals surface area contributed by atoms with Gasteiger partial charge in [-0.1, -0.05) is 13.8 Å². The first kappa shape index (κ1) is 28.5. The molecule has 0 amide bonds. The molecule has 1 aromatic heterocycles. The summed E-state index contributed by atoms with van der Waals surface area (Å²) < 4.78 is 10.7. The van der Waals surface area contributed by atoms with E-state index in [4.69, 9.17) is 9.47 Å². The number of carboxylic acid groups (broad SMARTS) is 1. The summed E-state index contributed by atoms with van der Waals surface area (Å²) in [4.78, 5) is 17.3. The lowest BCUT2D eigenvalue weighted by Crippen LogP contribution is -2.49. The van der Waals surface area contributed by atoms with Crippen molar-refractivity contribution in [1.82, 2.24) is 4.90 Å². The molecule has 1 aliphatic rings. The fraction of sp³-hybridized carbons (Fsp3) is 0.462. The number of nitriles is 1. The zero-order chi connectivity index (χ0) is 24.7. The minimum absolute atomic E-state index is 0. The number of likely N-dealkylation sites (N-methyl/N-ethyl adjacent to an activating group) is 1. The van der Waals surface area contributed by atoms with Crippen molar-refractivity contribution in [3.63, 3.8) is 0 Å². The number of anilines is 1. The molecular weight excluding hydrogens is 486 g/mol. The van der Waals surface area contributed by atoms with Gasteiger partial charge in [0, 0.05) is 18.0 Å². The van der Waals surface area contributed by atoms with E-state index >= 15 is 0 Å². The molecule has 1 saturated heterocycles. The van der Waals surface area contributed by atoms with Crippen LogP contribution < -0.4 is 14.4 Å². The van der Waals surface area contributed by atoms with Gasteiger partial charge < -0.3 is 19.5 Å². The Morgan fingerprint density at radius 2 is 1.86 bits per heavy atom. The Balaban J connectivity index is 0.00000432. The molecule has 0 spiro atoms. The molecule has 7 nitrogen and oxygen atoms in total. The van der Waals surface area contributed by atoms with Crippen molar-refractivity contribution in [2.75, 3.05) is 45.3 Å². The van der Waals surface area contributed by atoms with Crippen LogP contribution in [0, 0.1) is 17.2 Å². The molecule has 1 aromatic carbocycles. The monoisotopic (exact) mass is 519 g/mol. The number of hydrogen-bond donors (Lipinski definition) is 1. The molecule has 1 unspecified atom stereocenters. The van der Waals surface area contributed by atoms with Crippen LogP contribution in [0.5, 0.6) is 11.5 Å². The highest BCUT2D eigenvalue weighted by Gasteiger charge is 2.34. The van der Waals surface area contributed by atoms with Gasteiger partial charge in [0.15, 0.2) is 11.5 Å². The number of ether oxygens (including phenoxy) is 2. The number of allylic oxidation sites excluding steroid dienone is 1. The standard InChI is InChI=1S/C26H33N3O4S.ClH/c1-5-28(6-2)25(26(30)31)18-11-13-29(14-12-18)24-10-8-21(34-24)15-20(17-27)19-7-9-22(32-3)23(16-19)33-4;/h7-10,15-16,18,25H,5-6,11-14H2,1-4H3,(H,30,31);1H/b20-15+;. The zero-order valence-corrected chi connectivity index (χ0v) is 22.3. The highest BCUT2D eigenvalue weighted by Crippen LogP contribution is 2.35. The van der Waals surface area contributed by atoms with Crippen LogP contribution in [0.15, 0.2) is 30.3 Å². The van der Waals surface area contributed by atoms with Gasteiger partial charge >= 0.3 is 5.97 Å². The van der Waals surface area contributed by atoms with Crippen molar-refractivity contribution in [2.24, 2.45) is 5.92 Å². The SMILES string of the molecule is CCN(CC)C(C(=O)O)C1CCN(c2ccc(/C=C(\C#N)c3ccc(OC)c(OC)c3)s2)CC1.Cl. The fourth-order valence-corrected chi connectivity index (χ4v) is 5.63. The lowest BCUT2D eigenvalue weighted by molar-refractivity contribution is -0.145. The van der Waals surface area contributed by atoms with Gasteiger partial charge in [-0.15, -0.1) is 23.7 Å². The highest BCUT2D eigenvalue weighted by molar-refractivity contribution is 7.17. The van der Waals surface area contributed by atoms with E-state index in [9.17, 15) is 15.2 Å². The van der Waals surface area contributed by atoms with Crippen molar-refractivity contribution in [2.45, 2.75) is 32.7 Å². The number of piperidine rings is 1. The van der Waals surface area contributed by atoms with Gasteiger partial charge in [-0.05, 0) is 73.8 Å². The molecule has 1 aliphatic heterocycles.